The predicted molar refractivity (Wildman–Crippen MR) is 103 cm³/mol. The first-order valence-electron chi connectivity index (χ1n) is 8.90. The van der Waals surface area contributed by atoms with E-state index < -0.39 is 0 Å². The number of urea groups is 1. The largest absolute Gasteiger partial charge is 0.383 e. The highest BCUT2D eigenvalue weighted by atomic mass is 35.5. The maximum Gasteiger partial charge on any atom is 0.321 e. The van der Waals surface area contributed by atoms with E-state index in [4.69, 9.17) is 16.3 Å². The first-order valence-corrected chi connectivity index (χ1v) is 9.28. The zero-order valence-electron chi connectivity index (χ0n) is 15.2. The first-order chi connectivity index (χ1) is 12.6. The van der Waals surface area contributed by atoms with Crippen molar-refractivity contribution in [1.29, 1.82) is 0 Å². The van der Waals surface area contributed by atoms with E-state index in [1.807, 2.05) is 36.4 Å². The molecule has 26 heavy (non-hydrogen) atoms. The van der Waals surface area contributed by atoms with Crippen LogP contribution in [0.25, 0.3) is 0 Å². The number of benzene rings is 1. The Morgan fingerprint density at radius 3 is 3.08 bits per heavy atom. The van der Waals surface area contributed by atoms with Gasteiger partial charge in [-0.15, -0.1) is 0 Å². The fourth-order valence-electron chi connectivity index (χ4n) is 3.30. The third-order valence-corrected chi connectivity index (χ3v) is 5.19. The number of halogens is 1. The minimum atomic E-state index is -0.0929. The van der Waals surface area contributed by atoms with Crippen LogP contribution in [-0.2, 0) is 11.3 Å². The zero-order chi connectivity index (χ0) is 18.5. The van der Waals surface area contributed by atoms with E-state index in [0.29, 0.717) is 23.9 Å². The second-order valence-electron chi connectivity index (χ2n) is 6.65. The Hall–Kier alpha value is -2.05. The number of aromatic nitrogens is 2. The Kier molecular flexibility index (Phi) is 6.16. The number of hydrogen-bond acceptors (Lipinski definition) is 3. The quantitative estimate of drug-likeness (QED) is 0.860. The van der Waals surface area contributed by atoms with E-state index in [2.05, 4.69) is 14.9 Å². The van der Waals surface area contributed by atoms with E-state index in [0.717, 1.165) is 37.3 Å². The van der Waals surface area contributed by atoms with Crippen molar-refractivity contribution < 1.29 is 9.53 Å². The summed E-state index contributed by atoms with van der Waals surface area (Å²) in [6.45, 7) is 4.77. The number of piperidine rings is 1. The lowest BCUT2D eigenvalue weighted by molar-refractivity contribution is 0.179. The van der Waals surface area contributed by atoms with Gasteiger partial charge in [0.15, 0.2) is 0 Å². The molecule has 0 spiro atoms. The molecule has 2 amide bonds. The maximum absolute atomic E-state index is 12.7. The third kappa shape index (κ3) is 4.37. The highest BCUT2D eigenvalue weighted by molar-refractivity contribution is 6.31. The van der Waals surface area contributed by atoms with E-state index in [1.165, 1.54) is 0 Å². The number of anilines is 1. The summed E-state index contributed by atoms with van der Waals surface area (Å²) in [7, 11) is 1.70. The van der Waals surface area contributed by atoms with Gasteiger partial charge in [0, 0.05) is 55.8 Å². The predicted octanol–water partition coefficient (Wildman–Crippen LogP) is 3.90. The molecule has 6 nitrogen and oxygen atoms in total. The summed E-state index contributed by atoms with van der Waals surface area (Å²) >= 11 is 6.15. The average Bonchev–Trinajstić information content (AvgIpc) is 3.11. The van der Waals surface area contributed by atoms with Crippen molar-refractivity contribution in [1.82, 2.24) is 14.5 Å². The fourth-order valence-corrected chi connectivity index (χ4v) is 3.49. The molecule has 1 fully saturated rings. The Balaban J connectivity index is 1.65. The molecule has 0 bridgehead atoms. The van der Waals surface area contributed by atoms with E-state index >= 15 is 0 Å². The molecule has 1 atom stereocenters. The van der Waals surface area contributed by atoms with Crippen molar-refractivity contribution >= 4 is 23.3 Å². The Bertz CT molecular complexity index is 762. The normalized spacial score (nSPS) is 17.3. The summed E-state index contributed by atoms with van der Waals surface area (Å²) < 4.78 is 7.29. The van der Waals surface area contributed by atoms with Crippen LogP contribution in [0.5, 0.6) is 0 Å². The minimum absolute atomic E-state index is 0.0929. The van der Waals surface area contributed by atoms with Gasteiger partial charge in [0.1, 0.15) is 5.82 Å². The molecule has 1 unspecified atom stereocenters. The van der Waals surface area contributed by atoms with Crippen molar-refractivity contribution in [2.75, 3.05) is 32.1 Å². The van der Waals surface area contributed by atoms with Crippen LogP contribution >= 0.6 is 11.6 Å². The lowest BCUT2D eigenvalue weighted by atomic mass is 9.97. The average molecular weight is 377 g/mol. The van der Waals surface area contributed by atoms with Crippen LogP contribution in [0, 0.1) is 6.92 Å². The summed E-state index contributed by atoms with van der Waals surface area (Å²) in [5.41, 5.74) is 1.71. The molecule has 1 aromatic heterocycles. The van der Waals surface area contributed by atoms with Gasteiger partial charge in [-0.25, -0.2) is 9.78 Å². The SMILES string of the molecule is COCCn1ccnc1C1CCCN(C(=O)Nc2ccc(C)c(Cl)c2)C1. The van der Waals surface area contributed by atoms with Gasteiger partial charge in [0.2, 0.25) is 0 Å². The smallest absolute Gasteiger partial charge is 0.321 e. The standard InChI is InChI=1S/C19H25ClN4O2/c1-14-5-6-16(12-17(14)20)22-19(25)24-8-3-4-15(13-24)18-21-7-9-23(18)10-11-26-2/h5-7,9,12,15H,3-4,8,10-11,13H2,1-2H3,(H,22,25). The number of imidazole rings is 1. The summed E-state index contributed by atoms with van der Waals surface area (Å²) in [5.74, 6) is 1.26. The molecule has 1 saturated heterocycles. The van der Waals surface area contributed by atoms with Crippen LogP contribution in [0.3, 0.4) is 0 Å². The van der Waals surface area contributed by atoms with Crippen molar-refractivity contribution in [2.24, 2.45) is 0 Å². The molecule has 7 heteroatoms. The number of ether oxygens (including phenoxy) is 1. The summed E-state index contributed by atoms with van der Waals surface area (Å²) in [6, 6.07) is 5.47. The summed E-state index contributed by atoms with van der Waals surface area (Å²) in [4.78, 5) is 19.0. The molecule has 1 aliphatic rings. The van der Waals surface area contributed by atoms with Crippen LogP contribution in [0.2, 0.25) is 5.02 Å². The second kappa shape index (κ2) is 8.56. The van der Waals surface area contributed by atoms with E-state index in [-0.39, 0.29) is 11.9 Å². The number of amides is 2. The molecular weight excluding hydrogens is 352 g/mol. The van der Waals surface area contributed by atoms with Gasteiger partial charge in [0.05, 0.1) is 6.61 Å². The number of nitrogens with one attached hydrogen (secondary N) is 1. The molecule has 1 aromatic carbocycles. The summed E-state index contributed by atoms with van der Waals surface area (Å²) in [6.07, 6.45) is 5.79. The lowest BCUT2D eigenvalue weighted by Crippen LogP contribution is -2.42. The zero-order valence-corrected chi connectivity index (χ0v) is 16.0. The van der Waals surface area contributed by atoms with Gasteiger partial charge >= 0.3 is 6.03 Å². The Morgan fingerprint density at radius 1 is 1.46 bits per heavy atom. The first kappa shape index (κ1) is 18.7. The molecule has 2 heterocycles. The second-order valence-corrected chi connectivity index (χ2v) is 7.06. The van der Waals surface area contributed by atoms with Crippen LogP contribution in [-0.4, -0.2) is 47.3 Å². The molecule has 0 saturated carbocycles. The monoisotopic (exact) mass is 376 g/mol. The minimum Gasteiger partial charge on any atom is -0.383 e. The molecule has 0 radical (unpaired) electrons. The molecule has 2 aromatic rings. The molecule has 1 aliphatic heterocycles. The Morgan fingerprint density at radius 2 is 2.31 bits per heavy atom. The number of rotatable bonds is 5. The van der Waals surface area contributed by atoms with Gasteiger partial charge < -0.3 is 19.5 Å². The van der Waals surface area contributed by atoms with Crippen LogP contribution in [0.1, 0.15) is 30.1 Å². The third-order valence-electron chi connectivity index (χ3n) is 4.78. The number of carbonyl (C=O) groups excluding carboxylic acids is 1. The number of aryl methyl sites for hydroxylation is 1. The fraction of sp³-hybridized carbons (Fsp3) is 0.474. The molecule has 1 N–H and O–H groups in total. The van der Waals surface area contributed by atoms with Crippen molar-refractivity contribution in [3.8, 4) is 0 Å². The molecule has 0 aliphatic carbocycles. The van der Waals surface area contributed by atoms with Crippen LogP contribution < -0.4 is 5.32 Å². The number of likely N-dealkylation sites (tertiary alicyclic amines) is 1. The summed E-state index contributed by atoms with van der Waals surface area (Å²) in [5, 5.41) is 3.60. The molecule has 3 rings (SSSR count). The Labute approximate surface area is 159 Å². The molecule has 140 valence electrons. The highest BCUT2D eigenvalue weighted by Crippen LogP contribution is 2.27. The van der Waals surface area contributed by atoms with Crippen molar-refractivity contribution in [3.05, 3.63) is 47.0 Å². The van der Waals surface area contributed by atoms with Crippen LogP contribution in [0.15, 0.2) is 30.6 Å². The van der Waals surface area contributed by atoms with Gasteiger partial charge in [0.25, 0.3) is 0 Å². The maximum atomic E-state index is 12.7. The number of nitrogens with zero attached hydrogens (tertiary/aromatic N) is 3. The van der Waals surface area contributed by atoms with E-state index in [9.17, 15) is 4.79 Å². The topological polar surface area (TPSA) is 59.4 Å². The highest BCUT2D eigenvalue weighted by Gasteiger charge is 2.27. The number of carbonyl (C=O) groups is 1. The number of methoxy groups -OCH3 is 1. The van der Waals surface area contributed by atoms with Gasteiger partial charge in [-0.3, -0.25) is 0 Å². The van der Waals surface area contributed by atoms with Crippen LogP contribution in [0.4, 0.5) is 10.5 Å². The van der Waals surface area contributed by atoms with Gasteiger partial charge in [-0.2, -0.15) is 0 Å². The lowest BCUT2D eigenvalue weighted by Gasteiger charge is -2.32. The van der Waals surface area contributed by atoms with Crippen molar-refractivity contribution in [3.63, 3.8) is 0 Å². The number of hydrogen-bond donors (Lipinski definition) is 1. The van der Waals surface area contributed by atoms with Gasteiger partial charge in [-0.05, 0) is 37.5 Å². The van der Waals surface area contributed by atoms with Gasteiger partial charge in [-0.1, -0.05) is 17.7 Å². The van der Waals surface area contributed by atoms with Crippen molar-refractivity contribution in [2.45, 2.75) is 32.2 Å². The van der Waals surface area contributed by atoms with E-state index in [1.54, 1.807) is 13.2 Å². The molecular formula is C19H25ClN4O2.